The summed E-state index contributed by atoms with van der Waals surface area (Å²) in [6.45, 7) is 7.12. The molecule has 1 N–H and O–H groups in total. The Hall–Kier alpha value is -0.610. The van der Waals surface area contributed by atoms with Gasteiger partial charge in [0.05, 0.1) is 12.6 Å². The smallest absolute Gasteiger partial charge is 0.236 e. The van der Waals surface area contributed by atoms with Crippen LogP contribution in [-0.2, 0) is 9.53 Å². The Labute approximate surface area is 91.0 Å². The molecule has 2 saturated heterocycles. The lowest BCUT2D eigenvalue weighted by molar-refractivity contribution is -0.136. The van der Waals surface area contributed by atoms with Crippen molar-refractivity contribution in [3.63, 3.8) is 0 Å². The van der Waals surface area contributed by atoms with Crippen molar-refractivity contribution in [3.8, 4) is 0 Å². The van der Waals surface area contributed by atoms with E-state index in [-0.39, 0.29) is 17.6 Å². The largest absolute Gasteiger partial charge is 0.376 e. The molecule has 0 radical (unpaired) electrons. The number of carbonyl (C=O) groups is 1. The number of ether oxygens (including phenoxy) is 1. The summed E-state index contributed by atoms with van der Waals surface area (Å²) < 4.78 is 5.56. The molecule has 4 heteroatoms. The predicted octanol–water partition coefficient (Wildman–Crippen LogP) is 0.376. The summed E-state index contributed by atoms with van der Waals surface area (Å²) in [7, 11) is 0. The number of rotatable bonds is 2. The maximum absolute atomic E-state index is 11.7. The lowest BCUT2D eigenvalue weighted by Gasteiger charge is -2.39. The van der Waals surface area contributed by atoms with Gasteiger partial charge in [-0.05, 0) is 26.7 Å². The SMILES string of the molecule is CC1(C)CN(CC2CCCO2)C(=O)CN1. The van der Waals surface area contributed by atoms with E-state index in [9.17, 15) is 4.79 Å². The second kappa shape index (κ2) is 4.10. The molecule has 0 aromatic rings. The fourth-order valence-electron chi connectivity index (χ4n) is 2.25. The van der Waals surface area contributed by atoms with Gasteiger partial charge in [0.1, 0.15) is 0 Å². The van der Waals surface area contributed by atoms with Gasteiger partial charge < -0.3 is 15.0 Å². The van der Waals surface area contributed by atoms with E-state index in [2.05, 4.69) is 19.2 Å². The summed E-state index contributed by atoms with van der Waals surface area (Å²) in [5.74, 6) is 0.199. The number of nitrogens with zero attached hydrogens (tertiary/aromatic N) is 1. The molecule has 2 rings (SSSR count). The third-order valence-electron chi connectivity index (χ3n) is 3.11. The molecule has 0 aliphatic carbocycles. The Morgan fingerprint density at radius 1 is 1.60 bits per heavy atom. The van der Waals surface area contributed by atoms with Gasteiger partial charge in [0, 0.05) is 25.2 Å². The number of nitrogens with one attached hydrogen (secondary N) is 1. The van der Waals surface area contributed by atoms with E-state index >= 15 is 0 Å². The number of hydrogen-bond acceptors (Lipinski definition) is 3. The quantitative estimate of drug-likeness (QED) is 0.719. The summed E-state index contributed by atoms with van der Waals surface area (Å²) in [6.07, 6.45) is 2.49. The summed E-state index contributed by atoms with van der Waals surface area (Å²) in [6, 6.07) is 0. The molecule has 0 aromatic carbocycles. The molecule has 0 aromatic heterocycles. The fraction of sp³-hybridized carbons (Fsp3) is 0.909. The van der Waals surface area contributed by atoms with Crippen molar-refractivity contribution in [2.75, 3.05) is 26.2 Å². The highest BCUT2D eigenvalue weighted by molar-refractivity contribution is 5.79. The molecular formula is C11H20N2O2. The molecule has 4 nitrogen and oxygen atoms in total. The van der Waals surface area contributed by atoms with Crippen molar-refractivity contribution in [1.82, 2.24) is 10.2 Å². The van der Waals surface area contributed by atoms with Crippen molar-refractivity contribution in [2.24, 2.45) is 0 Å². The minimum atomic E-state index is 0.0342. The number of hydrogen-bond donors (Lipinski definition) is 1. The van der Waals surface area contributed by atoms with Gasteiger partial charge in [-0.1, -0.05) is 0 Å². The molecule has 2 aliphatic heterocycles. The van der Waals surface area contributed by atoms with Crippen LogP contribution < -0.4 is 5.32 Å². The van der Waals surface area contributed by atoms with Gasteiger partial charge in [-0.25, -0.2) is 0 Å². The zero-order valence-corrected chi connectivity index (χ0v) is 9.58. The van der Waals surface area contributed by atoms with Crippen LogP contribution in [0.25, 0.3) is 0 Å². The number of amides is 1. The molecule has 0 saturated carbocycles. The molecule has 2 aliphatic rings. The van der Waals surface area contributed by atoms with Crippen molar-refractivity contribution in [1.29, 1.82) is 0 Å². The van der Waals surface area contributed by atoms with Crippen molar-refractivity contribution >= 4 is 5.91 Å². The molecule has 86 valence electrons. The Morgan fingerprint density at radius 3 is 3.07 bits per heavy atom. The second-order valence-electron chi connectivity index (χ2n) is 5.15. The minimum Gasteiger partial charge on any atom is -0.376 e. The minimum absolute atomic E-state index is 0.0342. The molecule has 1 unspecified atom stereocenters. The van der Waals surface area contributed by atoms with Crippen molar-refractivity contribution < 1.29 is 9.53 Å². The zero-order chi connectivity index (χ0) is 10.9. The average molecular weight is 212 g/mol. The van der Waals surface area contributed by atoms with E-state index in [0.717, 1.165) is 32.5 Å². The molecule has 0 spiro atoms. The van der Waals surface area contributed by atoms with Crippen LogP contribution in [0.3, 0.4) is 0 Å². The van der Waals surface area contributed by atoms with Gasteiger partial charge in [-0.15, -0.1) is 0 Å². The first kappa shape index (κ1) is 10.9. The fourth-order valence-corrected chi connectivity index (χ4v) is 2.25. The molecule has 2 heterocycles. The van der Waals surface area contributed by atoms with E-state index in [4.69, 9.17) is 4.74 Å². The first-order valence-electron chi connectivity index (χ1n) is 5.71. The topological polar surface area (TPSA) is 41.6 Å². The number of piperazine rings is 1. The Morgan fingerprint density at radius 2 is 2.40 bits per heavy atom. The first-order valence-corrected chi connectivity index (χ1v) is 5.71. The Balaban J connectivity index is 1.91. The van der Waals surface area contributed by atoms with Crippen LogP contribution >= 0.6 is 0 Å². The summed E-state index contributed by atoms with van der Waals surface area (Å²) >= 11 is 0. The maximum atomic E-state index is 11.7. The lowest BCUT2D eigenvalue weighted by Crippen LogP contribution is -2.60. The molecule has 1 amide bonds. The zero-order valence-electron chi connectivity index (χ0n) is 9.58. The van der Waals surface area contributed by atoms with Gasteiger partial charge >= 0.3 is 0 Å². The normalized spacial score (nSPS) is 30.9. The average Bonchev–Trinajstić information content (AvgIpc) is 2.64. The van der Waals surface area contributed by atoms with E-state index in [0.29, 0.717) is 6.54 Å². The van der Waals surface area contributed by atoms with Crippen LogP contribution in [0, 0.1) is 0 Å². The third kappa shape index (κ3) is 2.69. The van der Waals surface area contributed by atoms with E-state index in [1.165, 1.54) is 0 Å². The summed E-state index contributed by atoms with van der Waals surface area (Å²) in [5, 5.41) is 3.23. The van der Waals surface area contributed by atoms with E-state index < -0.39 is 0 Å². The van der Waals surface area contributed by atoms with Gasteiger partial charge in [0.15, 0.2) is 0 Å². The van der Waals surface area contributed by atoms with E-state index in [1.54, 1.807) is 0 Å². The highest BCUT2D eigenvalue weighted by atomic mass is 16.5. The number of carbonyl (C=O) groups excluding carboxylic acids is 1. The van der Waals surface area contributed by atoms with Crippen LogP contribution in [-0.4, -0.2) is 48.7 Å². The van der Waals surface area contributed by atoms with Crippen molar-refractivity contribution in [2.45, 2.75) is 38.3 Å². The van der Waals surface area contributed by atoms with Gasteiger partial charge in [-0.2, -0.15) is 0 Å². The predicted molar refractivity (Wildman–Crippen MR) is 57.6 cm³/mol. The van der Waals surface area contributed by atoms with Gasteiger partial charge in [0.25, 0.3) is 0 Å². The third-order valence-corrected chi connectivity index (χ3v) is 3.11. The second-order valence-corrected chi connectivity index (χ2v) is 5.15. The Kier molecular flexibility index (Phi) is 2.98. The van der Waals surface area contributed by atoms with Gasteiger partial charge in [0.2, 0.25) is 5.91 Å². The van der Waals surface area contributed by atoms with Crippen LogP contribution in [0.15, 0.2) is 0 Å². The van der Waals surface area contributed by atoms with E-state index in [1.807, 2.05) is 4.90 Å². The van der Waals surface area contributed by atoms with Gasteiger partial charge in [-0.3, -0.25) is 4.79 Å². The molecule has 0 bridgehead atoms. The van der Waals surface area contributed by atoms with Crippen LogP contribution in [0.5, 0.6) is 0 Å². The molecule has 1 atom stereocenters. The molecular weight excluding hydrogens is 192 g/mol. The monoisotopic (exact) mass is 212 g/mol. The van der Waals surface area contributed by atoms with Crippen LogP contribution in [0.1, 0.15) is 26.7 Å². The van der Waals surface area contributed by atoms with Crippen LogP contribution in [0.2, 0.25) is 0 Å². The standard InChI is InChI=1S/C11H20N2O2/c1-11(2)8-13(10(14)6-12-11)7-9-4-3-5-15-9/h9,12H,3-8H2,1-2H3. The molecule has 2 fully saturated rings. The summed E-state index contributed by atoms with van der Waals surface area (Å²) in [4.78, 5) is 13.6. The van der Waals surface area contributed by atoms with Crippen LogP contribution in [0.4, 0.5) is 0 Å². The highest BCUT2D eigenvalue weighted by Crippen LogP contribution is 2.17. The lowest BCUT2D eigenvalue weighted by atomic mass is 10.0. The molecule has 15 heavy (non-hydrogen) atoms. The first-order chi connectivity index (χ1) is 7.07. The van der Waals surface area contributed by atoms with Crippen molar-refractivity contribution in [3.05, 3.63) is 0 Å². The highest BCUT2D eigenvalue weighted by Gasteiger charge is 2.32. The summed E-state index contributed by atoms with van der Waals surface area (Å²) in [5.41, 5.74) is 0.0342. The Bertz CT molecular complexity index is 247. The maximum Gasteiger partial charge on any atom is 0.236 e.